The minimum absolute atomic E-state index is 0.143. The molecule has 106 valence electrons. The van der Waals surface area contributed by atoms with Crippen LogP contribution in [0.2, 0.25) is 0 Å². The molecule has 19 heavy (non-hydrogen) atoms. The van der Waals surface area contributed by atoms with Crippen LogP contribution in [-0.2, 0) is 20.8 Å². The van der Waals surface area contributed by atoms with Gasteiger partial charge in [-0.25, -0.2) is 18.1 Å². The monoisotopic (exact) mass is 303 g/mol. The van der Waals surface area contributed by atoms with Crippen molar-refractivity contribution in [2.75, 3.05) is 23.9 Å². The van der Waals surface area contributed by atoms with Crippen LogP contribution >= 0.6 is 0 Å². The van der Waals surface area contributed by atoms with Gasteiger partial charge in [0.2, 0.25) is 10.0 Å². The maximum absolute atomic E-state index is 12.3. The van der Waals surface area contributed by atoms with Crippen LogP contribution in [0.3, 0.4) is 0 Å². The Morgan fingerprint density at radius 1 is 1.37 bits per heavy atom. The van der Waals surface area contributed by atoms with E-state index >= 15 is 0 Å². The zero-order valence-corrected chi connectivity index (χ0v) is 12.3. The quantitative estimate of drug-likeness (QED) is 0.836. The van der Waals surface area contributed by atoms with Crippen LogP contribution in [0.1, 0.15) is 12.8 Å². The molecule has 0 aliphatic carbocycles. The Hall–Kier alpha value is -0.990. The molecule has 0 radical (unpaired) electrons. The Bertz CT molecular complexity index is 564. The Labute approximate surface area is 115 Å². The van der Waals surface area contributed by atoms with E-state index in [2.05, 4.69) is 15.0 Å². The molecule has 0 spiro atoms. The summed E-state index contributed by atoms with van der Waals surface area (Å²) in [6, 6.07) is 2.96. The number of sulfonamides is 1. The largest absolute Gasteiger partial charge is 0.372 e. The summed E-state index contributed by atoms with van der Waals surface area (Å²) in [5, 5.41) is 2.77. The van der Waals surface area contributed by atoms with Gasteiger partial charge in [0.15, 0.2) is 0 Å². The maximum atomic E-state index is 12.3. The number of hydrogen-bond acceptors (Lipinski definition) is 5. The first-order chi connectivity index (χ1) is 9.03. The number of nitrogens with one attached hydrogen (secondary N) is 2. The second kappa shape index (κ2) is 5.98. The summed E-state index contributed by atoms with van der Waals surface area (Å²) >= 11 is 0. The van der Waals surface area contributed by atoms with Crippen molar-refractivity contribution in [3.8, 4) is 0 Å². The van der Waals surface area contributed by atoms with Gasteiger partial charge in [0, 0.05) is 41.6 Å². The summed E-state index contributed by atoms with van der Waals surface area (Å²) in [5.41, 5.74) is 0. The standard InChI is InChI=1S/C11H17N3O3S2/c1-12-11-10(3-2-6-13-11)19(16,17)14-9-4-7-18(15)8-5-9/h2-3,6,9,14H,4-5,7-8H2,1H3,(H,12,13). The summed E-state index contributed by atoms with van der Waals surface area (Å²) in [6.07, 6.45) is 2.76. The highest BCUT2D eigenvalue weighted by atomic mass is 32.2. The third-order valence-corrected chi connectivity index (χ3v) is 5.94. The van der Waals surface area contributed by atoms with Crippen LogP contribution < -0.4 is 10.0 Å². The van der Waals surface area contributed by atoms with Gasteiger partial charge in [-0.05, 0) is 25.0 Å². The van der Waals surface area contributed by atoms with Gasteiger partial charge < -0.3 is 5.32 Å². The van der Waals surface area contributed by atoms with E-state index in [9.17, 15) is 12.6 Å². The lowest BCUT2D eigenvalue weighted by molar-refractivity contribution is 0.522. The van der Waals surface area contributed by atoms with Crippen molar-refractivity contribution < 1.29 is 12.6 Å². The Kier molecular flexibility index (Phi) is 4.54. The molecule has 0 amide bonds. The van der Waals surface area contributed by atoms with Crippen LogP contribution in [0, 0.1) is 0 Å². The number of rotatable bonds is 4. The average Bonchev–Trinajstić information content (AvgIpc) is 2.41. The molecule has 1 aromatic heterocycles. The molecule has 2 rings (SSSR count). The van der Waals surface area contributed by atoms with Crippen molar-refractivity contribution in [1.29, 1.82) is 0 Å². The summed E-state index contributed by atoms with van der Waals surface area (Å²) in [6.45, 7) is 0. The average molecular weight is 303 g/mol. The summed E-state index contributed by atoms with van der Waals surface area (Å²) in [7, 11) is -2.76. The lowest BCUT2D eigenvalue weighted by atomic mass is 10.2. The van der Waals surface area contributed by atoms with Gasteiger partial charge in [0.1, 0.15) is 10.7 Å². The molecule has 2 N–H and O–H groups in total. The van der Waals surface area contributed by atoms with Crippen LogP contribution in [0.25, 0.3) is 0 Å². The van der Waals surface area contributed by atoms with Crippen LogP contribution in [0.5, 0.6) is 0 Å². The van der Waals surface area contributed by atoms with Crippen molar-refractivity contribution >= 4 is 26.6 Å². The fraction of sp³-hybridized carbons (Fsp3) is 0.545. The first-order valence-electron chi connectivity index (χ1n) is 6.03. The van der Waals surface area contributed by atoms with E-state index in [1.54, 1.807) is 13.1 Å². The van der Waals surface area contributed by atoms with E-state index in [1.165, 1.54) is 12.3 Å². The molecule has 1 fully saturated rings. The van der Waals surface area contributed by atoms with Gasteiger partial charge in [0.25, 0.3) is 0 Å². The second-order valence-electron chi connectivity index (χ2n) is 4.34. The Morgan fingerprint density at radius 2 is 2.05 bits per heavy atom. The van der Waals surface area contributed by atoms with E-state index < -0.39 is 20.8 Å². The van der Waals surface area contributed by atoms with E-state index in [4.69, 9.17) is 0 Å². The lowest BCUT2D eigenvalue weighted by Gasteiger charge is -2.22. The predicted molar refractivity (Wildman–Crippen MR) is 75.0 cm³/mol. The molecule has 2 heterocycles. The van der Waals surface area contributed by atoms with Gasteiger partial charge >= 0.3 is 0 Å². The Morgan fingerprint density at radius 3 is 2.68 bits per heavy atom. The molecule has 0 saturated carbocycles. The third kappa shape index (κ3) is 3.52. The van der Waals surface area contributed by atoms with Crippen molar-refractivity contribution in [2.24, 2.45) is 0 Å². The number of hydrogen-bond donors (Lipinski definition) is 2. The van der Waals surface area contributed by atoms with Crippen molar-refractivity contribution in [2.45, 2.75) is 23.8 Å². The summed E-state index contributed by atoms with van der Waals surface area (Å²) < 4.78 is 38.5. The SMILES string of the molecule is CNc1ncccc1S(=O)(=O)NC1CCS(=O)CC1. The number of anilines is 1. The van der Waals surface area contributed by atoms with Crippen LogP contribution in [-0.4, -0.2) is 42.2 Å². The van der Waals surface area contributed by atoms with Gasteiger partial charge in [-0.15, -0.1) is 0 Å². The highest BCUT2D eigenvalue weighted by molar-refractivity contribution is 7.89. The normalized spacial score (nSPS) is 24.1. The predicted octanol–water partition coefficient (Wildman–Crippen LogP) is 0.313. The van der Waals surface area contributed by atoms with E-state index in [-0.39, 0.29) is 10.9 Å². The highest BCUT2D eigenvalue weighted by Crippen LogP contribution is 2.19. The van der Waals surface area contributed by atoms with Crippen LogP contribution in [0.15, 0.2) is 23.2 Å². The van der Waals surface area contributed by atoms with Gasteiger partial charge in [-0.2, -0.15) is 0 Å². The number of pyridine rings is 1. The molecule has 8 heteroatoms. The van der Waals surface area contributed by atoms with E-state index in [1.807, 2.05) is 0 Å². The highest BCUT2D eigenvalue weighted by Gasteiger charge is 2.25. The zero-order valence-electron chi connectivity index (χ0n) is 10.6. The van der Waals surface area contributed by atoms with Gasteiger partial charge in [-0.1, -0.05) is 0 Å². The van der Waals surface area contributed by atoms with Crippen molar-refractivity contribution in [3.63, 3.8) is 0 Å². The first kappa shape index (κ1) is 14.4. The lowest BCUT2D eigenvalue weighted by Crippen LogP contribution is -2.39. The third-order valence-electron chi connectivity index (χ3n) is 3.01. The minimum Gasteiger partial charge on any atom is -0.372 e. The molecular formula is C11H17N3O3S2. The zero-order chi connectivity index (χ0) is 13.9. The fourth-order valence-corrected chi connectivity index (χ4v) is 4.76. The fourth-order valence-electron chi connectivity index (χ4n) is 1.99. The molecule has 6 nitrogen and oxygen atoms in total. The number of aromatic nitrogens is 1. The summed E-state index contributed by atoms with van der Waals surface area (Å²) in [4.78, 5) is 4.13. The molecule has 1 aromatic rings. The van der Waals surface area contributed by atoms with E-state index in [0.717, 1.165) is 0 Å². The second-order valence-corrected chi connectivity index (χ2v) is 7.72. The molecule has 1 aliphatic rings. The first-order valence-corrected chi connectivity index (χ1v) is 9.00. The molecule has 1 saturated heterocycles. The Balaban J connectivity index is 2.16. The van der Waals surface area contributed by atoms with Crippen molar-refractivity contribution in [3.05, 3.63) is 18.3 Å². The van der Waals surface area contributed by atoms with Crippen LogP contribution in [0.4, 0.5) is 5.82 Å². The van der Waals surface area contributed by atoms with E-state index in [0.29, 0.717) is 30.2 Å². The number of nitrogens with zero attached hydrogens (tertiary/aromatic N) is 1. The molecule has 0 atom stereocenters. The smallest absolute Gasteiger partial charge is 0.244 e. The molecule has 1 aliphatic heterocycles. The molecular weight excluding hydrogens is 286 g/mol. The maximum Gasteiger partial charge on any atom is 0.244 e. The molecule has 0 bridgehead atoms. The summed E-state index contributed by atoms with van der Waals surface area (Å²) in [5.74, 6) is 1.44. The van der Waals surface area contributed by atoms with Crippen molar-refractivity contribution in [1.82, 2.24) is 9.71 Å². The molecule has 0 unspecified atom stereocenters. The minimum atomic E-state index is -3.59. The topological polar surface area (TPSA) is 88.2 Å². The van der Waals surface area contributed by atoms with Gasteiger partial charge in [-0.3, -0.25) is 4.21 Å². The van der Waals surface area contributed by atoms with Gasteiger partial charge in [0.05, 0.1) is 0 Å². The molecule has 0 aromatic carbocycles.